The van der Waals surface area contributed by atoms with Gasteiger partial charge in [-0.2, -0.15) is 0 Å². The maximum Gasteiger partial charge on any atom is 0.265 e. The van der Waals surface area contributed by atoms with Gasteiger partial charge in [-0.1, -0.05) is 32.6 Å². The highest BCUT2D eigenvalue weighted by Crippen LogP contribution is 2.38. The van der Waals surface area contributed by atoms with E-state index in [0.717, 1.165) is 50.0 Å². The number of nitrogens with one attached hydrogen (secondary N) is 1. The van der Waals surface area contributed by atoms with Crippen LogP contribution in [0.25, 0.3) is 0 Å². The van der Waals surface area contributed by atoms with Crippen molar-refractivity contribution in [1.82, 2.24) is 9.97 Å². The molecule has 0 spiro atoms. The van der Waals surface area contributed by atoms with Crippen LogP contribution < -0.4 is 5.56 Å². The standard InChI is InChI=1S/C15H23BrN2O2/c1-3-8-11-12(16)13(19)18-14(17-11)15(20-4-2)9-6-5-7-10-15/h3-10H2,1-2H3,(H,17,18,19). The number of halogens is 1. The third-order valence-electron chi connectivity index (χ3n) is 3.93. The van der Waals surface area contributed by atoms with Crippen LogP contribution in [-0.4, -0.2) is 16.6 Å². The minimum Gasteiger partial charge on any atom is -0.367 e. The Kier molecular flexibility index (Phi) is 5.38. The van der Waals surface area contributed by atoms with E-state index in [2.05, 4.69) is 27.8 Å². The van der Waals surface area contributed by atoms with Crippen molar-refractivity contribution < 1.29 is 4.74 Å². The highest BCUT2D eigenvalue weighted by molar-refractivity contribution is 9.10. The molecule has 0 radical (unpaired) electrons. The first kappa shape index (κ1) is 15.7. The van der Waals surface area contributed by atoms with Crippen molar-refractivity contribution in [2.75, 3.05) is 6.61 Å². The van der Waals surface area contributed by atoms with E-state index in [9.17, 15) is 4.79 Å². The predicted octanol–water partition coefficient (Wildman–Crippen LogP) is 3.68. The summed E-state index contributed by atoms with van der Waals surface area (Å²) in [6, 6.07) is 0. The van der Waals surface area contributed by atoms with Crippen molar-refractivity contribution in [3.8, 4) is 0 Å². The Morgan fingerprint density at radius 2 is 2.00 bits per heavy atom. The monoisotopic (exact) mass is 342 g/mol. The van der Waals surface area contributed by atoms with E-state index in [-0.39, 0.29) is 5.56 Å². The van der Waals surface area contributed by atoms with Crippen molar-refractivity contribution in [2.45, 2.75) is 64.4 Å². The molecule has 0 aromatic carbocycles. The van der Waals surface area contributed by atoms with Crippen LogP contribution in [0.5, 0.6) is 0 Å². The maximum absolute atomic E-state index is 12.1. The molecule has 0 amide bonds. The number of aromatic amines is 1. The molecule has 0 unspecified atom stereocenters. The van der Waals surface area contributed by atoms with E-state index in [0.29, 0.717) is 11.1 Å². The molecule has 0 atom stereocenters. The van der Waals surface area contributed by atoms with Gasteiger partial charge in [-0.15, -0.1) is 0 Å². The summed E-state index contributed by atoms with van der Waals surface area (Å²) in [6.45, 7) is 4.73. The summed E-state index contributed by atoms with van der Waals surface area (Å²) in [5.41, 5.74) is 0.356. The van der Waals surface area contributed by atoms with Crippen molar-refractivity contribution in [1.29, 1.82) is 0 Å². The number of aromatic nitrogens is 2. The summed E-state index contributed by atoms with van der Waals surface area (Å²) in [6.07, 6.45) is 7.15. The lowest BCUT2D eigenvalue weighted by Crippen LogP contribution is -2.36. The Morgan fingerprint density at radius 3 is 2.60 bits per heavy atom. The zero-order chi connectivity index (χ0) is 14.6. The lowest BCUT2D eigenvalue weighted by Gasteiger charge is -2.36. The summed E-state index contributed by atoms with van der Waals surface area (Å²) in [4.78, 5) is 19.8. The molecule has 1 saturated carbocycles. The molecular formula is C15H23BrN2O2. The fourth-order valence-electron chi connectivity index (χ4n) is 2.97. The van der Waals surface area contributed by atoms with E-state index in [4.69, 9.17) is 9.72 Å². The normalized spacial score (nSPS) is 18.1. The fourth-order valence-corrected chi connectivity index (χ4v) is 3.36. The average molecular weight is 343 g/mol. The summed E-state index contributed by atoms with van der Waals surface area (Å²) in [7, 11) is 0. The summed E-state index contributed by atoms with van der Waals surface area (Å²) in [5.74, 6) is 0.718. The van der Waals surface area contributed by atoms with E-state index in [1.807, 2.05) is 6.92 Å². The average Bonchev–Trinajstić information content (AvgIpc) is 2.45. The molecule has 1 fully saturated rings. The lowest BCUT2D eigenvalue weighted by molar-refractivity contribution is -0.0770. The number of H-pyrrole nitrogens is 1. The highest BCUT2D eigenvalue weighted by atomic mass is 79.9. The highest BCUT2D eigenvalue weighted by Gasteiger charge is 2.37. The second kappa shape index (κ2) is 6.85. The van der Waals surface area contributed by atoms with E-state index >= 15 is 0 Å². The van der Waals surface area contributed by atoms with Gasteiger partial charge in [0, 0.05) is 6.61 Å². The predicted molar refractivity (Wildman–Crippen MR) is 82.9 cm³/mol. The Balaban J connectivity index is 2.45. The van der Waals surface area contributed by atoms with Gasteiger partial charge in [0.2, 0.25) is 0 Å². The summed E-state index contributed by atoms with van der Waals surface area (Å²) < 4.78 is 6.60. The number of nitrogens with zero attached hydrogens (tertiary/aromatic N) is 1. The molecule has 20 heavy (non-hydrogen) atoms. The van der Waals surface area contributed by atoms with Gasteiger partial charge in [0.05, 0.1) is 5.69 Å². The minimum atomic E-state index is -0.394. The van der Waals surface area contributed by atoms with E-state index in [1.165, 1.54) is 6.42 Å². The van der Waals surface area contributed by atoms with Gasteiger partial charge < -0.3 is 9.72 Å². The molecule has 0 bridgehead atoms. The van der Waals surface area contributed by atoms with Crippen LogP contribution in [-0.2, 0) is 16.8 Å². The Labute approximate surface area is 128 Å². The van der Waals surface area contributed by atoms with Crippen molar-refractivity contribution >= 4 is 15.9 Å². The minimum absolute atomic E-state index is 0.0944. The second-order valence-corrected chi connectivity index (χ2v) is 6.21. The Bertz CT molecular complexity index is 502. The van der Waals surface area contributed by atoms with Crippen LogP contribution in [0.3, 0.4) is 0 Å². The molecule has 1 aromatic heterocycles. The number of rotatable bonds is 5. The number of aryl methyl sites for hydroxylation is 1. The topological polar surface area (TPSA) is 55.0 Å². The lowest BCUT2D eigenvalue weighted by atomic mass is 9.83. The molecule has 1 aliphatic rings. The maximum atomic E-state index is 12.1. The second-order valence-electron chi connectivity index (χ2n) is 5.41. The van der Waals surface area contributed by atoms with Crippen LogP contribution in [0.1, 0.15) is 63.9 Å². The molecule has 1 N–H and O–H groups in total. The molecule has 1 aromatic rings. The summed E-state index contributed by atoms with van der Waals surface area (Å²) in [5, 5.41) is 0. The van der Waals surface area contributed by atoms with Gasteiger partial charge in [-0.25, -0.2) is 4.98 Å². The number of ether oxygens (including phenoxy) is 1. The first-order chi connectivity index (χ1) is 9.63. The van der Waals surface area contributed by atoms with Gasteiger partial charge in [0.25, 0.3) is 5.56 Å². The van der Waals surface area contributed by atoms with Gasteiger partial charge in [-0.3, -0.25) is 4.79 Å². The first-order valence-electron chi connectivity index (χ1n) is 7.56. The van der Waals surface area contributed by atoms with Crippen LogP contribution in [0, 0.1) is 0 Å². The molecule has 4 nitrogen and oxygen atoms in total. The molecular weight excluding hydrogens is 320 g/mol. The van der Waals surface area contributed by atoms with Crippen molar-refractivity contribution in [3.63, 3.8) is 0 Å². The zero-order valence-electron chi connectivity index (χ0n) is 12.3. The van der Waals surface area contributed by atoms with Crippen LogP contribution in [0.15, 0.2) is 9.27 Å². The van der Waals surface area contributed by atoms with E-state index < -0.39 is 5.60 Å². The van der Waals surface area contributed by atoms with Gasteiger partial charge in [0.1, 0.15) is 15.9 Å². The largest absolute Gasteiger partial charge is 0.367 e. The molecule has 2 rings (SSSR count). The molecule has 112 valence electrons. The number of hydrogen-bond donors (Lipinski definition) is 1. The van der Waals surface area contributed by atoms with E-state index in [1.54, 1.807) is 0 Å². The molecule has 0 saturated heterocycles. The third-order valence-corrected chi connectivity index (χ3v) is 4.75. The van der Waals surface area contributed by atoms with Gasteiger partial charge in [-0.05, 0) is 42.1 Å². The Morgan fingerprint density at radius 1 is 1.30 bits per heavy atom. The quantitative estimate of drug-likeness (QED) is 0.887. The smallest absolute Gasteiger partial charge is 0.265 e. The molecule has 0 aliphatic heterocycles. The van der Waals surface area contributed by atoms with Crippen LogP contribution in [0.2, 0.25) is 0 Å². The van der Waals surface area contributed by atoms with Crippen molar-refractivity contribution in [2.24, 2.45) is 0 Å². The molecule has 1 heterocycles. The Hall–Kier alpha value is -0.680. The van der Waals surface area contributed by atoms with Gasteiger partial charge in [0.15, 0.2) is 0 Å². The number of hydrogen-bond acceptors (Lipinski definition) is 3. The first-order valence-corrected chi connectivity index (χ1v) is 8.35. The van der Waals surface area contributed by atoms with Crippen molar-refractivity contribution in [3.05, 3.63) is 26.3 Å². The fraction of sp³-hybridized carbons (Fsp3) is 0.733. The van der Waals surface area contributed by atoms with Crippen LogP contribution in [0.4, 0.5) is 0 Å². The van der Waals surface area contributed by atoms with Gasteiger partial charge >= 0.3 is 0 Å². The SMILES string of the molecule is CCCc1nc(C2(OCC)CCCCC2)[nH]c(=O)c1Br. The third kappa shape index (κ3) is 3.14. The molecule has 5 heteroatoms. The summed E-state index contributed by atoms with van der Waals surface area (Å²) >= 11 is 3.35. The molecule has 1 aliphatic carbocycles. The zero-order valence-corrected chi connectivity index (χ0v) is 13.9. The van der Waals surface area contributed by atoms with Crippen LogP contribution >= 0.6 is 15.9 Å².